The van der Waals surface area contributed by atoms with E-state index in [2.05, 4.69) is 5.16 Å². The van der Waals surface area contributed by atoms with Gasteiger partial charge in [0.15, 0.2) is 6.29 Å². The summed E-state index contributed by atoms with van der Waals surface area (Å²) in [6.07, 6.45) is -5.54. The Hall–Kier alpha value is -2.95. The van der Waals surface area contributed by atoms with Gasteiger partial charge in [0.2, 0.25) is 0 Å². The standard InChI is InChI=1S/C44H68N2O11S/c1-11-34-44(8,52)39(49)28(4)36(45-53-21-15-19-31-17-13-12-14-18-31)26(2)25-43(7,51)40(57-42-37(48)33(46(9)10)23-27(3)54-42)29(5)38(30(6)41(50)55-34)56-35(47)24-32-20-16-22-58-32/h12-14,16-18,20,22,26-30,33-34,37-40,42,48-49,51-52H,11,15,19,21,23-25H2,1-10H3/b45-36+/t26-,27+,28-,29-,30+,33-,34+,37+,38-,39+,40+,42-,43-,44+/m0/s1. The molecule has 14 heteroatoms. The highest BCUT2D eigenvalue weighted by Gasteiger charge is 2.52. The van der Waals surface area contributed by atoms with Gasteiger partial charge in [0, 0.05) is 28.7 Å². The summed E-state index contributed by atoms with van der Waals surface area (Å²) in [5.74, 6) is -4.76. The highest BCUT2D eigenvalue weighted by Crippen LogP contribution is 2.39. The van der Waals surface area contributed by atoms with E-state index in [-0.39, 0.29) is 38.0 Å². The number of esters is 2. The lowest BCUT2D eigenvalue weighted by Gasteiger charge is -2.47. The maximum absolute atomic E-state index is 14.2. The van der Waals surface area contributed by atoms with Crippen molar-refractivity contribution in [2.24, 2.45) is 28.8 Å². The molecule has 0 saturated carbocycles. The van der Waals surface area contributed by atoms with E-state index in [0.717, 1.165) is 16.9 Å². The molecule has 1 aromatic heterocycles. The normalized spacial score (nSPS) is 37.6. The zero-order valence-corrected chi connectivity index (χ0v) is 36.8. The van der Waals surface area contributed by atoms with E-state index in [1.165, 1.54) is 18.3 Å². The van der Waals surface area contributed by atoms with Crippen LogP contribution < -0.4 is 0 Å². The Morgan fingerprint density at radius 1 is 1.02 bits per heavy atom. The number of aryl methyl sites for hydroxylation is 1. The lowest BCUT2D eigenvalue weighted by molar-refractivity contribution is -0.299. The number of aliphatic hydroxyl groups is 4. The molecule has 2 aliphatic heterocycles. The molecule has 4 N–H and O–H groups in total. The summed E-state index contributed by atoms with van der Waals surface area (Å²) in [6, 6.07) is 13.3. The number of thiophene rings is 1. The van der Waals surface area contributed by atoms with Crippen molar-refractivity contribution in [1.29, 1.82) is 0 Å². The predicted octanol–water partition coefficient (Wildman–Crippen LogP) is 5.15. The number of hydrogen-bond acceptors (Lipinski definition) is 14. The molecule has 0 aliphatic carbocycles. The van der Waals surface area contributed by atoms with Gasteiger partial charge in [0.25, 0.3) is 0 Å². The second kappa shape index (κ2) is 21.0. The topological polar surface area (TPSA) is 177 Å². The van der Waals surface area contributed by atoms with Crippen LogP contribution in [0.25, 0.3) is 0 Å². The number of ether oxygens (including phenoxy) is 4. The molecule has 0 unspecified atom stereocenters. The Morgan fingerprint density at radius 2 is 1.71 bits per heavy atom. The summed E-state index contributed by atoms with van der Waals surface area (Å²) in [7, 11) is 3.73. The maximum atomic E-state index is 14.2. The van der Waals surface area contributed by atoms with Crippen molar-refractivity contribution < 1.29 is 53.8 Å². The van der Waals surface area contributed by atoms with Crippen LogP contribution in [-0.2, 0) is 46.2 Å². The zero-order valence-electron chi connectivity index (χ0n) is 35.9. The molecule has 2 aromatic rings. The van der Waals surface area contributed by atoms with Crippen molar-refractivity contribution in [1.82, 2.24) is 4.90 Å². The summed E-state index contributed by atoms with van der Waals surface area (Å²) in [6.45, 7) is 13.8. The zero-order chi connectivity index (χ0) is 42.9. The van der Waals surface area contributed by atoms with Gasteiger partial charge in [-0.25, -0.2) is 0 Å². The molecule has 2 fully saturated rings. The van der Waals surface area contributed by atoms with Crippen molar-refractivity contribution in [2.45, 2.75) is 154 Å². The lowest BCUT2D eigenvalue weighted by Crippen LogP contribution is -2.60. The number of benzene rings is 1. The van der Waals surface area contributed by atoms with Crippen LogP contribution in [0.15, 0.2) is 53.0 Å². The highest BCUT2D eigenvalue weighted by molar-refractivity contribution is 7.10. The molecule has 326 valence electrons. The van der Waals surface area contributed by atoms with Gasteiger partial charge in [-0.1, -0.05) is 69.2 Å². The monoisotopic (exact) mass is 832 g/mol. The second-order valence-corrected chi connectivity index (χ2v) is 18.2. The van der Waals surface area contributed by atoms with Crippen LogP contribution in [0.3, 0.4) is 0 Å². The number of cyclic esters (lactones) is 1. The Morgan fingerprint density at radius 3 is 2.33 bits per heavy atom. The Bertz CT molecular complexity index is 1600. The van der Waals surface area contributed by atoms with Gasteiger partial charge in [0.1, 0.15) is 30.5 Å². The van der Waals surface area contributed by atoms with Crippen LogP contribution in [0.2, 0.25) is 0 Å². The molecule has 2 aliphatic rings. The number of likely N-dealkylation sites (N-methyl/N-ethyl adjacent to an activating group) is 1. The summed E-state index contributed by atoms with van der Waals surface area (Å²) < 4.78 is 25.1. The van der Waals surface area contributed by atoms with E-state index >= 15 is 0 Å². The van der Waals surface area contributed by atoms with Crippen molar-refractivity contribution in [3.8, 4) is 0 Å². The minimum absolute atomic E-state index is 0.00517. The molecule has 0 bridgehead atoms. The van der Waals surface area contributed by atoms with Gasteiger partial charge in [-0.2, -0.15) is 0 Å². The highest BCUT2D eigenvalue weighted by atomic mass is 32.1. The second-order valence-electron chi connectivity index (χ2n) is 17.2. The maximum Gasteiger partial charge on any atom is 0.312 e. The van der Waals surface area contributed by atoms with E-state index in [1.807, 2.05) is 80.7 Å². The van der Waals surface area contributed by atoms with Crippen LogP contribution in [0.4, 0.5) is 0 Å². The van der Waals surface area contributed by atoms with Crippen LogP contribution in [0.5, 0.6) is 0 Å². The summed E-state index contributed by atoms with van der Waals surface area (Å²) in [5, 5.41) is 54.5. The van der Waals surface area contributed by atoms with Gasteiger partial charge in [-0.3, -0.25) is 9.59 Å². The van der Waals surface area contributed by atoms with Crippen LogP contribution >= 0.6 is 11.3 Å². The fourth-order valence-corrected chi connectivity index (χ4v) is 9.34. The van der Waals surface area contributed by atoms with Crippen molar-refractivity contribution in [2.75, 3.05) is 20.7 Å². The number of oxime groups is 1. The van der Waals surface area contributed by atoms with Crippen LogP contribution in [-0.4, -0.2) is 124 Å². The summed E-state index contributed by atoms with van der Waals surface area (Å²) in [5.41, 5.74) is -2.17. The molecule has 13 nitrogen and oxygen atoms in total. The molecule has 14 atom stereocenters. The molecule has 2 saturated heterocycles. The Labute approximate surface area is 348 Å². The summed E-state index contributed by atoms with van der Waals surface area (Å²) >= 11 is 1.40. The molecule has 3 heterocycles. The van der Waals surface area contributed by atoms with E-state index < -0.39 is 83.6 Å². The largest absolute Gasteiger partial charge is 0.461 e. The first-order chi connectivity index (χ1) is 27.3. The van der Waals surface area contributed by atoms with Crippen molar-refractivity contribution in [3.05, 3.63) is 58.3 Å². The van der Waals surface area contributed by atoms with Gasteiger partial charge in [0.05, 0.1) is 42.0 Å². The smallest absolute Gasteiger partial charge is 0.312 e. The first kappa shape index (κ1) is 47.7. The van der Waals surface area contributed by atoms with E-state index in [0.29, 0.717) is 18.6 Å². The number of rotatable bonds is 12. The molecule has 0 spiro atoms. The van der Waals surface area contributed by atoms with E-state index in [1.54, 1.807) is 34.6 Å². The Kier molecular flexibility index (Phi) is 17.3. The van der Waals surface area contributed by atoms with Crippen molar-refractivity contribution >= 4 is 29.0 Å². The fourth-order valence-electron chi connectivity index (χ4n) is 8.65. The third kappa shape index (κ3) is 12.1. The van der Waals surface area contributed by atoms with Gasteiger partial charge in [-0.15, -0.1) is 11.3 Å². The first-order valence-corrected chi connectivity index (χ1v) is 21.6. The quantitative estimate of drug-likeness (QED) is 0.126. The van der Waals surface area contributed by atoms with Gasteiger partial charge in [-0.05, 0) is 90.9 Å². The number of carbonyl (C=O) groups is 2. The molecular weight excluding hydrogens is 765 g/mol. The molecule has 1 aromatic carbocycles. The number of nitrogens with zero attached hydrogens (tertiary/aromatic N) is 2. The van der Waals surface area contributed by atoms with Crippen LogP contribution in [0, 0.1) is 23.7 Å². The van der Waals surface area contributed by atoms with Crippen molar-refractivity contribution in [3.63, 3.8) is 0 Å². The fraction of sp³-hybridized carbons (Fsp3) is 0.705. The van der Waals surface area contributed by atoms with E-state index in [4.69, 9.17) is 23.8 Å². The molecule has 0 radical (unpaired) electrons. The van der Waals surface area contributed by atoms with Gasteiger partial charge < -0.3 is 49.1 Å². The first-order valence-electron chi connectivity index (χ1n) is 20.7. The third-order valence-corrected chi connectivity index (χ3v) is 12.8. The molecular formula is C44H68N2O11S. The number of hydrogen-bond donors (Lipinski definition) is 4. The molecule has 0 amide bonds. The minimum atomic E-state index is -1.94. The molecule has 58 heavy (non-hydrogen) atoms. The van der Waals surface area contributed by atoms with Crippen LogP contribution in [0.1, 0.15) is 91.5 Å². The Balaban J connectivity index is 1.79. The number of carbonyl (C=O) groups excluding carboxylic acids is 2. The molecule has 4 rings (SSSR count). The lowest BCUT2D eigenvalue weighted by atomic mass is 9.73. The SMILES string of the molecule is CC[C@H]1OC(=O)[C@H](C)[C@@H](OC(=O)Cc2cccs2)[C@H](C)[C@@H](O[C@@H]2O[C@H](C)C[C@H](N(C)C)[C@H]2O)[C@@](C)(O)C[C@H](C)/C(=N\OCCCc2ccccc2)[C@H](C)[C@@H](O)[C@]1(C)O. The minimum Gasteiger partial charge on any atom is -0.461 e. The average Bonchev–Trinajstić information content (AvgIpc) is 3.68. The van der Waals surface area contributed by atoms with Gasteiger partial charge >= 0.3 is 11.9 Å². The van der Waals surface area contributed by atoms with E-state index in [9.17, 15) is 30.0 Å². The number of aliphatic hydroxyl groups excluding tert-OH is 2. The predicted molar refractivity (Wildman–Crippen MR) is 222 cm³/mol. The third-order valence-electron chi connectivity index (χ3n) is 12.0. The average molecular weight is 833 g/mol. The summed E-state index contributed by atoms with van der Waals surface area (Å²) in [4.78, 5) is 36.3.